The molecule has 6 heteroatoms. The molecule has 2 fully saturated rings. The zero-order chi connectivity index (χ0) is 20.5. The van der Waals surface area contributed by atoms with Crippen LogP contribution in [0.25, 0.3) is 0 Å². The Hall–Kier alpha value is -2.02. The lowest BCUT2D eigenvalue weighted by Crippen LogP contribution is -2.49. The number of fused-ring (bicyclic) bond motifs is 1. The van der Waals surface area contributed by atoms with Crippen molar-refractivity contribution < 1.29 is 4.39 Å². The third-order valence-electron chi connectivity index (χ3n) is 6.94. The third-order valence-corrected chi connectivity index (χ3v) is 7.34. The number of halogens is 1. The molecule has 0 bridgehead atoms. The predicted octanol–water partition coefficient (Wildman–Crippen LogP) is 3.21. The fraction of sp³-hybridized carbons (Fsp3) is 0.458. The summed E-state index contributed by atoms with van der Waals surface area (Å²) in [6, 6.07) is 16.4. The van der Waals surface area contributed by atoms with Gasteiger partial charge in [-0.2, -0.15) is 0 Å². The molecule has 1 N–H and O–H groups in total. The topological polar surface area (TPSA) is 21.8 Å². The van der Waals surface area contributed by atoms with E-state index >= 15 is 0 Å². The summed E-state index contributed by atoms with van der Waals surface area (Å²) in [6.07, 6.45) is 1.08. The number of rotatable bonds is 5. The predicted molar refractivity (Wildman–Crippen MR) is 122 cm³/mol. The molecule has 0 radical (unpaired) electrons. The summed E-state index contributed by atoms with van der Waals surface area (Å²) in [5.41, 5.74) is 4.08. The van der Waals surface area contributed by atoms with Gasteiger partial charge in [0.25, 0.3) is 0 Å². The largest absolute Gasteiger partial charge is 0.361 e. The Balaban J connectivity index is 1.23. The highest BCUT2D eigenvalue weighted by atomic mass is 32.1. The maximum atomic E-state index is 13.4. The maximum Gasteiger partial charge on any atom is 0.169 e. The van der Waals surface area contributed by atoms with Crippen LogP contribution in [0.15, 0.2) is 48.5 Å². The van der Waals surface area contributed by atoms with Crippen molar-refractivity contribution in [2.45, 2.75) is 18.4 Å². The van der Waals surface area contributed by atoms with Gasteiger partial charge < -0.3 is 10.2 Å². The number of benzene rings is 2. The van der Waals surface area contributed by atoms with Gasteiger partial charge in [0, 0.05) is 64.3 Å². The second kappa shape index (κ2) is 8.61. The van der Waals surface area contributed by atoms with E-state index in [-0.39, 0.29) is 5.82 Å². The highest BCUT2D eigenvalue weighted by Gasteiger charge is 2.36. The van der Waals surface area contributed by atoms with Crippen LogP contribution in [0.1, 0.15) is 35.1 Å². The van der Waals surface area contributed by atoms with E-state index in [0.29, 0.717) is 12.0 Å². The van der Waals surface area contributed by atoms with E-state index in [1.54, 1.807) is 12.1 Å². The Morgan fingerprint density at radius 2 is 1.63 bits per heavy atom. The van der Waals surface area contributed by atoms with Crippen molar-refractivity contribution in [2.75, 3.05) is 52.4 Å². The van der Waals surface area contributed by atoms with Crippen molar-refractivity contribution in [3.8, 4) is 0 Å². The van der Waals surface area contributed by atoms with Gasteiger partial charge in [-0.1, -0.05) is 36.4 Å². The normalized spacial score (nSPS) is 24.8. The van der Waals surface area contributed by atoms with Crippen LogP contribution in [-0.4, -0.2) is 72.2 Å². The minimum atomic E-state index is -0.164. The summed E-state index contributed by atoms with van der Waals surface area (Å²) >= 11 is 5.36. The number of hydrogen-bond acceptors (Lipinski definition) is 3. The van der Waals surface area contributed by atoms with Crippen LogP contribution in [0.2, 0.25) is 0 Å². The first-order chi connectivity index (χ1) is 14.7. The Morgan fingerprint density at radius 1 is 0.900 bits per heavy atom. The molecule has 0 amide bonds. The van der Waals surface area contributed by atoms with Crippen molar-refractivity contribution in [3.05, 3.63) is 71.0 Å². The van der Waals surface area contributed by atoms with E-state index < -0.39 is 0 Å². The fourth-order valence-electron chi connectivity index (χ4n) is 5.25. The minimum absolute atomic E-state index is 0.164. The first kappa shape index (κ1) is 19.9. The molecular formula is C24H29FN4S. The molecule has 30 heavy (non-hydrogen) atoms. The molecule has 2 saturated heterocycles. The van der Waals surface area contributed by atoms with Crippen LogP contribution in [0, 0.1) is 5.82 Å². The molecule has 0 saturated carbocycles. The smallest absolute Gasteiger partial charge is 0.169 e. The highest BCUT2D eigenvalue weighted by molar-refractivity contribution is 7.80. The van der Waals surface area contributed by atoms with E-state index in [1.807, 2.05) is 12.1 Å². The van der Waals surface area contributed by atoms with Gasteiger partial charge in [0.05, 0.1) is 0 Å². The van der Waals surface area contributed by atoms with Gasteiger partial charge in [0.1, 0.15) is 5.82 Å². The molecular weight excluding hydrogens is 395 g/mol. The van der Waals surface area contributed by atoms with Gasteiger partial charge in [0.15, 0.2) is 5.11 Å². The van der Waals surface area contributed by atoms with Crippen LogP contribution in [-0.2, 0) is 0 Å². The Morgan fingerprint density at radius 3 is 2.33 bits per heavy atom. The SMILES string of the molecule is Fc1ccc([C@H]2C[C@H](N3CCN(CCN4CCNC4=S)CC3)c3ccccc32)cc1. The lowest BCUT2D eigenvalue weighted by Gasteiger charge is -2.39. The van der Waals surface area contributed by atoms with Gasteiger partial charge in [-0.05, 0) is 47.5 Å². The Kier molecular flexibility index (Phi) is 5.72. The first-order valence-electron chi connectivity index (χ1n) is 11.0. The Bertz CT molecular complexity index is 894. The number of hydrogen-bond donors (Lipinski definition) is 1. The number of piperazine rings is 1. The van der Waals surface area contributed by atoms with E-state index in [9.17, 15) is 4.39 Å². The van der Waals surface area contributed by atoms with Crippen molar-refractivity contribution in [1.82, 2.24) is 20.0 Å². The fourth-order valence-corrected chi connectivity index (χ4v) is 5.54. The minimum Gasteiger partial charge on any atom is -0.361 e. The van der Waals surface area contributed by atoms with Crippen LogP contribution in [0.3, 0.4) is 0 Å². The molecule has 158 valence electrons. The molecule has 3 aliphatic rings. The molecule has 1 aliphatic carbocycles. The van der Waals surface area contributed by atoms with Gasteiger partial charge in [-0.25, -0.2) is 4.39 Å². The molecule has 2 aromatic carbocycles. The van der Waals surface area contributed by atoms with Crippen LogP contribution < -0.4 is 5.32 Å². The van der Waals surface area contributed by atoms with Crippen LogP contribution in [0.5, 0.6) is 0 Å². The molecule has 2 aliphatic heterocycles. The average molecular weight is 425 g/mol. The summed E-state index contributed by atoms with van der Waals surface area (Å²) in [5, 5.41) is 4.15. The standard InChI is InChI=1S/C24H29FN4S/c25-19-7-5-18(6-8-19)22-17-23(21-4-2-1-3-20(21)22)28-14-11-27(12-15-28)13-16-29-10-9-26-24(29)30/h1-8,22-23H,9-17H2,(H,26,30)/t22-,23+/m1/s1. The van der Waals surface area contributed by atoms with Crippen LogP contribution >= 0.6 is 12.2 Å². The van der Waals surface area contributed by atoms with Crippen LogP contribution in [0.4, 0.5) is 4.39 Å². The molecule has 2 aromatic rings. The summed E-state index contributed by atoms with van der Waals surface area (Å²) in [7, 11) is 0. The molecule has 2 heterocycles. The zero-order valence-electron chi connectivity index (χ0n) is 17.3. The quantitative estimate of drug-likeness (QED) is 0.742. The molecule has 2 atom stereocenters. The highest BCUT2D eigenvalue weighted by Crippen LogP contribution is 2.46. The first-order valence-corrected chi connectivity index (χ1v) is 11.4. The molecule has 0 unspecified atom stereocenters. The number of nitrogens with zero attached hydrogens (tertiary/aromatic N) is 3. The van der Waals surface area contributed by atoms with Gasteiger partial charge >= 0.3 is 0 Å². The van der Waals surface area contributed by atoms with E-state index in [2.05, 4.69) is 44.3 Å². The van der Waals surface area contributed by atoms with E-state index in [4.69, 9.17) is 12.2 Å². The Labute approximate surface area is 183 Å². The molecule has 0 aromatic heterocycles. The monoisotopic (exact) mass is 424 g/mol. The summed E-state index contributed by atoms with van der Waals surface area (Å²) in [4.78, 5) is 7.50. The van der Waals surface area contributed by atoms with Crippen molar-refractivity contribution in [2.24, 2.45) is 0 Å². The third kappa shape index (κ3) is 3.96. The van der Waals surface area contributed by atoms with Crippen molar-refractivity contribution >= 4 is 17.3 Å². The maximum absolute atomic E-state index is 13.4. The van der Waals surface area contributed by atoms with Gasteiger partial charge in [-0.15, -0.1) is 0 Å². The number of thiocarbonyl (C=S) groups is 1. The molecule has 0 spiro atoms. The lowest BCUT2D eigenvalue weighted by molar-refractivity contribution is 0.0921. The van der Waals surface area contributed by atoms with Gasteiger partial charge in [-0.3, -0.25) is 9.80 Å². The van der Waals surface area contributed by atoms with Crippen molar-refractivity contribution in [3.63, 3.8) is 0 Å². The van der Waals surface area contributed by atoms with Gasteiger partial charge in [0.2, 0.25) is 0 Å². The average Bonchev–Trinajstić information content (AvgIpc) is 3.37. The zero-order valence-corrected chi connectivity index (χ0v) is 18.1. The second-order valence-electron chi connectivity index (χ2n) is 8.58. The molecule has 5 rings (SSSR count). The lowest BCUT2D eigenvalue weighted by atomic mass is 9.93. The second-order valence-corrected chi connectivity index (χ2v) is 8.97. The van der Waals surface area contributed by atoms with E-state index in [0.717, 1.165) is 63.9 Å². The molecule has 4 nitrogen and oxygen atoms in total. The summed E-state index contributed by atoms with van der Waals surface area (Å²) in [6.45, 7) is 8.50. The van der Waals surface area contributed by atoms with E-state index in [1.165, 1.54) is 16.7 Å². The summed E-state index contributed by atoms with van der Waals surface area (Å²) < 4.78 is 13.4. The summed E-state index contributed by atoms with van der Waals surface area (Å²) in [5.74, 6) is 0.191. The van der Waals surface area contributed by atoms with Crippen molar-refractivity contribution in [1.29, 1.82) is 0 Å². The number of nitrogens with one attached hydrogen (secondary N) is 1.